The quantitative estimate of drug-likeness (QED) is 0.756. The van der Waals surface area contributed by atoms with Crippen LogP contribution >= 0.6 is 0 Å². The van der Waals surface area contributed by atoms with E-state index in [1.165, 1.54) is 10.6 Å². The van der Waals surface area contributed by atoms with Gasteiger partial charge in [-0.05, 0) is 18.2 Å². The van der Waals surface area contributed by atoms with Crippen LogP contribution in [0.15, 0.2) is 42.5 Å². The summed E-state index contributed by atoms with van der Waals surface area (Å²) in [6.07, 6.45) is 0.341. The van der Waals surface area contributed by atoms with E-state index in [1.54, 1.807) is 30.3 Å². The molecule has 6 heteroatoms. The predicted molar refractivity (Wildman–Crippen MR) is 70.9 cm³/mol. The SMILES string of the molecule is O=C(O)c1cccc2nc(Cc3ccccc3O)nn12. The molecule has 2 heterocycles. The summed E-state index contributed by atoms with van der Waals surface area (Å²) in [5.41, 5.74) is 1.22. The fraction of sp³-hybridized carbons (Fsp3) is 0.0714. The number of para-hydroxylation sites is 1. The Hall–Kier alpha value is -2.89. The molecule has 6 nitrogen and oxygen atoms in total. The number of aromatic carboxylic acids is 1. The lowest BCUT2D eigenvalue weighted by molar-refractivity contribution is 0.0687. The van der Waals surface area contributed by atoms with E-state index in [-0.39, 0.29) is 11.4 Å². The molecule has 0 bridgehead atoms. The van der Waals surface area contributed by atoms with E-state index >= 15 is 0 Å². The Balaban J connectivity index is 2.04. The van der Waals surface area contributed by atoms with Crippen molar-refractivity contribution in [1.29, 1.82) is 0 Å². The third kappa shape index (κ3) is 2.07. The molecule has 0 saturated carbocycles. The minimum atomic E-state index is -1.06. The van der Waals surface area contributed by atoms with Gasteiger partial charge in [-0.2, -0.15) is 5.10 Å². The molecule has 0 radical (unpaired) electrons. The lowest BCUT2D eigenvalue weighted by Gasteiger charge is -2.00. The lowest BCUT2D eigenvalue weighted by atomic mass is 10.1. The molecular weight excluding hydrogens is 258 g/mol. The average Bonchev–Trinajstić information content (AvgIpc) is 2.83. The van der Waals surface area contributed by atoms with Crippen molar-refractivity contribution in [3.63, 3.8) is 0 Å². The maximum Gasteiger partial charge on any atom is 0.354 e. The van der Waals surface area contributed by atoms with E-state index in [9.17, 15) is 9.90 Å². The minimum absolute atomic E-state index is 0.0542. The first-order chi connectivity index (χ1) is 9.65. The number of nitrogens with zero attached hydrogens (tertiary/aromatic N) is 3. The van der Waals surface area contributed by atoms with E-state index < -0.39 is 5.97 Å². The summed E-state index contributed by atoms with van der Waals surface area (Å²) in [5.74, 6) is -0.431. The molecule has 0 fully saturated rings. The number of carboxylic acid groups (broad SMARTS) is 1. The van der Waals surface area contributed by atoms with Gasteiger partial charge >= 0.3 is 5.97 Å². The smallest absolute Gasteiger partial charge is 0.354 e. The summed E-state index contributed by atoms with van der Waals surface area (Å²) in [5, 5.41) is 23.0. The Labute approximate surface area is 113 Å². The third-order valence-corrected chi connectivity index (χ3v) is 2.96. The van der Waals surface area contributed by atoms with Crippen molar-refractivity contribution < 1.29 is 15.0 Å². The normalized spacial score (nSPS) is 10.8. The van der Waals surface area contributed by atoms with Gasteiger partial charge in [-0.15, -0.1) is 0 Å². The predicted octanol–water partition coefficient (Wildman–Crippen LogP) is 1.72. The van der Waals surface area contributed by atoms with Crippen LogP contribution in [0.25, 0.3) is 5.65 Å². The Morgan fingerprint density at radius 2 is 1.95 bits per heavy atom. The molecule has 2 N–H and O–H groups in total. The van der Waals surface area contributed by atoms with Crippen LogP contribution in [0, 0.1) is 0 Å². The summed E-state index contributed by atoms with van der Waals surface area (Å²) in [7, 11) is 0. The number of hydrogen-bond donors (Lipinski definition) is 2. The molecule has 0 atom stereocenters. The fourth-order valence-corrected chi connectivity index (χ4v) is 2.02. The van der Waals surface area contributed by atoms with Crippen LogP contribution in [-0.2, 0) is 6.42 Å². The molecule has 0 aliphatic rings. The first-order valence-electron chi connectivity index (χ1n) is 6.00. The van der Waals surface area contributed by atoms with Gasteiger partial charge in [0.05, 0.1) is 0 Å². The van der Waals surface area contributed by atoms with E-state index in [1.807, 2.05) is 6.07 Å². The zero-order chi connectivity index (χ0) is 14.1. The number of benzene rings is 1. The zero-order valence-electron chi connectivity index (χ0n) is 10.4. The molecule has 0 saturated heterocycles. The first-order valence-corrected chi connectivity index (χ1v) is 6.00. The van der Waals surface area contributed by atoms with Crippen molar-refractivity contribution in [2.45, 2.75) is 6.42 Å². The van der Waals surface area contributed by atoms with Crippen molar-refractivity contribution in [2.24, 2.45) is 0 Å². The number of phenolic OH excluding ortho intramolecular Hbond substituents is 1. The highest BCUT2D eigenvalue weighted by atomic mass is 16.4. The molecule has 0 aliphatic heterocycles. The van der Waals surface area contributed by atoms with Crippen LogP contribution in [0.2, 0.25) is 0 Å². The van der Waals surface area contributed by atoms with Crippen molar-refractivity contribution in [1.82, 2.24) is 14.6 Å². The van der Waals surface area contributed by atoms with Crippen molar-refractivity contribution in [3.8, 4) is 5.75 Å². The number of rotatable bonds is 3. The second-order valence-electron chi connectivity index (χ2n) is 4.32. The molecule has 20 heavy (non-hydrogen) atoms. The zero-order valence-corrected chi connectivity index (χ0v) is 10.4. The number of pyridine rings is 1. The Morgan fingerprint density at radius 1 is 1.15 bits per heavy atom. The Bertz CT molecular complexity index is 795. The highest BCUT2D eigenvalue weighted by Gasteiger charge is 2.13. The van der Waals surface area contributed by atoms with Crippen LogP contribution in [0.4, 0.5) is 0 Å². The monoisotopic (exact) mass is 269 g/mol. The maximum absolute atomic E-state index is 11.1. The van der Waals surface area contributed by atoms with Gasteiger partial charge in [-0.3, -0.25) is 0 Å². The number of aromatic hydroxyl groups is 1. The van der Waals surface area contributed by atoms with E-state index in [2.05, 4.69) is 10.1 Å². The summed E-state index contributed by atoms with van der Waals surface area (Å²) in [4.78, 5) is 15.4. The van der Waals surface area contributed by atoms with Gasteiger partial charge in [0, 0.05) is 12.0 Å². The molecule has 100 valence electrons. The van der Waals surface area contributed by atoms with Crippen LogP contribution in [-0.4, -0.2) is 30.8 Å². The summed E-state index contributed by atoms with van der Waals surface area (Å²) in [6, 6.07) is 11.7. The van der Waals surface area contributed by atoms with E-state index in [4.69, 9.17) is 5.11 Å². The highest BCUT2D eigenvalue weighted by Crippen LogP contribution is 2.18. The lowest BCUT2D eigenvalue weighted by Crippen LogP contribution is -2.05. The van der Waals surface area contributed by atoms with Gasteiger partial charge in [0.2, 0.25) is 0 Å². The second kappa shape index (κ2) is 4.65. The van der Waals surface area contributed by atoms with Crippen LogP contribution in [0.1, 0.15) is 21.9 Å². The molecule has 2 aromatic heterocycles. The van der Waals surface area contributed by atoms with Gasteiger partial charge in [0.15, 0.2) is 17.2 Å². The van der Waals surface area contributed by atoms with Gasteiger partial charge in [0.25, 0.3) is 0 Å². The van der Waals surface area contributed by atoms with Gasteiger partial charge in [0.1, 0.15) is 5.75 Å². The fourth-order valence-electron chi connectivity index (χ4n) is 2.02. The highest BCUT2D eigenvalue weighted by molar-refractivity contribution is 5.86. The number of carboxylic acids is 1. The van der Waals surface area contributed by atoms with Crippen LogP contribution in [0.3, 0.4) is 0 Å². The van der Waals surface area contributed by atoms with Gasteiger partial charge < -0.3 is 10.2 Å². The molecule has 3 rings (SSSR count). The van der Waals surface area contributed by atoms with Gasteiger partial charge in [-0.1, -0.05) is 24.3 Å². The Morgan fingerprint density at radius 3 is 2.70 bits per heavy atom. The standard InChI is InChI=1S/C14H11N3O3/c18-11-6-2-1-4-9(11)8-12-15-13-7-3-5-10(14(19)20)17(13)16-12/h1-7,18H,8H2,(H,19,20). The number of phenols is 1. The molecule has 1 aromatic carbocycles. The summed E-state index contributed by atoms with van der Waals surface area (Å²) >= 11 is 0. The number of aromatic nitrogens is 3. The van der Waals surface area contributed by atoms with Gasteiger partial charge in [-0.25, -0.2) is 14.3 Å². The summed E-state index contributed by atoms with van der Waals surface area (Å²) < 4.78 is 1.29. The summed E-state index contributed by atoms with van der Waals surface area (Å²) in [6.45, 7) is 0. The Kier molecular flexibility index (Phi) is 2.83. The molecule has 3 aromatic rings. The van der Waals surface area contributed by atoms with E-state index in [0.29, 0.717) is 23.5 Å². The number of fused-ring (bicyclic) bond motifs is 1. The maximum atomic E-state index is 11.1. The molecule has 0 spiro atoms. The molecule has 0 aliphatic carbocycles. The number of hydrogen-bond acceptors (Lipinski definition) is 4. The molecule has 0 unspecified atom stereocenters. The molecule has 0 amide bonds. The topological polar surface area (TPSA) is 87.7 Å². The molecular formula is C14H11N3O3. The third-order valence-electron chi connectivity index (χ3n) is 2.96. The number of carbonyl (C=O) groups is 1. The first kappa shape index (κ1) is 12.2. The van der Waals surface area contributed by atoms with Crippen LogP contribution in [0.5, 0.6) is 5.75 Å². The van der Waals surface area contributed by atoms with Crippen molar-refractivity contribution in [2.75, 3.05) is 0 Å². The largest absolute Gasteiger partial charge is 0.508 e. The van der Waals surface area contributed by atoms with Crippen molar-refractivity contribution in [3.05, 3.63) is 59.5 Å². The van der Waals surface area contributed by atoms with E-state index in [0.717, 1.165) is 0 Å². The average molecular weight is 269 g/mol. The minimum Gasteiger partial charge on any atom is -0.508 e. The van der Waals surface area contributed by atoms with Crippen molar-refractivity contribution >= 4 is 11.6 Å². The van der Waals surface area contributed by atoms with Crippen LogP contribution < -0.4 is 0 Å². The second-order valence-corrected chi connectivity index (χ2v) is 4.32.